The van der Waals surface area contributed by atoms with Crippen LogP contribution in [0, 0.1) is 5.41 Å². The molecule has 5 N–H and O–H groups in total. The first kappa shape index (κ1) is 10.6. The Balaban J connectivity index is 3.37. The molecule has 0 aromatic carbocycles. The van der Waals surface area contributed by atoms with Crippen molar-refractivity contribution in [3.05, 3.63) is 0 Å². The van der Waals surface area contributed by atoms with Crippen LogP contribution in [-0.4, -0.2) is 17.8 Å². The van der Waals surface area contributed by atoms with E-state index in [1.54, 1.807) is 6.92 Å². The first-order valence-corrected chi connectivity index (χ1v) is 4.07. The Morgan fingerprint density at radius 1 is 1.36 bits per heavy atom. The van der Waals surface area contributed by atoms with Crippen molar-refractivity contribution >= 4 is 5.71 Å². The lowest BCUT2D eigenvalue weighted by Gasteiger charge is -2.11. The third-order valence-corrected chi connectivity index (χ3v) is 1.56. The summed E-state index contributed by atoms with van der Waals surface area (Å²) in [5.74, 6) is 0. The highest BCUT2D eigenvalue weighted by Crippen LogP contribution is 2.01. The summed E-state index contributed by atoms with van der Waals surface area (Å²) in [5, 5.41) is 7.20. The van der Waals surface area contributed by atoms with Crippen LogP contribution in [-0.2, 0) is 0 Å². The van der Waals surface area contributed by atoms with Crippen LogP contribution in [0.3, 0.4) is 0 Å². The summed E-state index contributed by atoms with van der Waals surface area (Å²) in [6.45, 7) is 3.76. The lowest BCUT2D eigenvalue weighted by Crippen LogP contribution is -2.26. The van der Waals surface area contributed by atoms with E-state index < -0.39 is 0 Å². The van der Waals surface area contributed by atoms with E-state index in [0.29, 0.717) is 12.1 Å². The van der Waals surface area contributed by atoms with Gasteiger partial charge in [0, 0.05) is 17.8 Å². The van der Waals surface area contributed by atoms with Crippen molar-refractivity contribution in [2.45, 2.75) is 45.2 Å². The van der Waals surface area contributed by atoms with E-state index in [1.807, 2.05) is 6.92 Å². The summed E-state index contributed by atoms with van der Waals surface area (Å²) in [6.07, 6.45) is 2.58. The van der Waals surface area contributed by atoms with E-state index in [9.17, 15) is 0 Å². The van der Waals surface area contributed by atoms with Crippen LogP contribution in [0.2, 0.25) is 0 Å². The van der Waals surface area contributed by atoms with Crippen molar-refractivity contribution in [2.75, 3.05) is 0 Å². The van der Waals surface area contributed by atoms with Crippen LogP contribution in [0.15, 0.2) is 0 Å². The average Bonchev–Trinajstić information content (AvgIpc) is 1.82. The van der Waals surface area contributed by atoms with Gasteiger partial charge in [-0.25, -0.2) is 0 Å². The van der Waals surface area contributed by atoms with E-state index in [-0.39, 0.29) is 12.1 Å². The SMILES string of the molecule is CC(=N)CC(N)CCC(C)N. The van der Waals surface area contributed by atoms with E-state index in [2.05, 4.69) is 0 Å². The third-order valence-electron chi connectivity index (χ3n) is 1.56. The topological polar surface area (TPSA) is 75.9 Å². The van der Waals surface area contributed by atoms with Crippen LogP contribution in [0.4, 0.5) is 0 Å². The Labute approximate surface area is 68.7 Å². The number of hydrogen-bond donors (Lipinski definition) is 3. The Morgan fingerprint density at radius 2 is 1.91 bits per heavy atom. The quantitative estimate of drug-likeness (QED) is 0.518. The smallest absolute Gasteiger partial charge is 0.00913 e. The van der Waals surface area contributed by atoms with Gasteiger partial charge in [-0.1, -0.05) is 0 Å². The van der Waals surface area contributed by atoms with Crippen LogP contribution >= 0.6 is 0 Å². The molecule has 66 valence electrons. The zero-order chi connectivity index (χ0) is 8.85. The molecule has 0 spiro atoms. The maximum Gasteiger partial charge on any atom is 0.00913 e. The number of rotatable bonds is 5. The molecule has 0 aliphatic carbocycles. The Morgan fingerprint density at radius 3 is 2.27 bits per heavy atom. The Kier molecular flexibility index (Phi) is 5.07. The van der Waals surface area contributed by atoms with Crippen molar-refractivity contribution in [3.63, 3.8) is 0 Å². The molecule has 0 aliphatic heterocycles. The molecule has 2 unspecified atom stereocenters. The van der Waals surface area contributed by atoms with Gasteiger partial charge in [0.1, 0.15) is 0 Å². The second kappa shape index (κ2) is 5.27. The molecule has 0 rings (SSSR count). The van der Waals surface area contributed by atoms with Gasteiger partial charge in [-0.2, -0.15) is 0 Å². The highest BCUT2D eigenvalue weighted by molar-refractivity contribution is 5.79. The van der Waals surface area contributed by atoms with Crippen molar-refractivity contribution in [1.82, 2.24) is 0 Å². The highest BCUT2D eigenvalue weighted by Gasteiger charge is 2.04. The first-order chi connectivity index (χ1) is 5.02. The van der Waals surface area contributed by atoms with Gasteiger partial charge in [-0.05, 0) is 33.1 Å². The monoisotopic (exact) mass is 157 g/mol. The summed E-state index contributed by atoms with van der Waals surface area (Å²) in [6, 6.07) is 0.352. The normalized spacial score (nSPS) is 16.0. The van der Waals surface area contributed by atoms with Crippen LogP contribution in [0.1, 0.15) is 33.1 Å². The fourth-order valence-corrected chi connectivity index (χ4v) is 0.972. The highest BCUT2D eigenvalue weighted by atomic mass is 14.7. The molecule has 0 aromatic heterocycles. The molecule has 0 aromatic rings. The van der Waals surface area contributed by atoms with Gasteiger partial charge in [0.2, 0.25) is 0 Å². The fourth-order valence-electron chi connectivity index (χ4n) is 0.972. The molecule has 0 saturated heterocycles. The maximum atomic E-state index is 7.20. The van der Waals surface area contributed by atoms with Gasteiger partial charge in [0.25, 0.3) is 0 Å². The molecule has 0 aliphatic rings. The summed E-state index contributed by atoms with van der Waals surface area (Å²) >= 11 is 0. The molecule has 3 heteroatoms. The second-order valence-corrected chi connectivity index (χ2v) is 3.30. The van der Waals surface area contributed by atoms with Gasteiger partial charge in [0.15, 0.2) is 0 Å². The van der Waals surface area contributed by atoms with E-state index in [4.69, 9.17) is 16.9 Å². The molecule has 0 fully saturated rings. The lowest BCUT2D eigenvalue weighted by molar-refractivity contribution is 0.547. The number of nitrogens with one attached hydrogen (secondary N) is 1. The number of hydrogen-bond acceptors (Lipinski definition) is 3. The van der Waals surface area contributed by atoms with Gasteiger partial charge < -0.3 is 16.9 Å². The van der Waals surface area contributed by atoms with E-state index >= 15 is 0 Å². The van der Waals surface area contributed by atoms with Crippen LogP contribution in [0.5, 0.6) is 0 Å². The Bertz CT molecular complexity index is 121. The van der Waals surface area contributed by atoms with Crippen molar-refractivity contribution in [1.29, 1.82) is 5.41 Å². The molecule has 2 atom stereocenters. The van der Waals surface area contributed by atoms with Gasteiger partial charge in [0.05, 0.1) is 0 Å². The number of nitrogens with two attached hydrogens (primary N) is 2. The second-order valence-electron chi connectivity index (χ2n) is 3.30. The predicted molar refractivity (Wildman–Crippen MR) is 48.9 cm³/mol. The van der Waals surface area contributed by atoms with Crippen LogP contribution < -0.4 is 11.5 Å². The van der Waals surface area contributed by atoms with Crippen molar-refractivity contribution in [2.24, 2.45) is 11.5 Å². The lowest BCUT2D eigenvalue weighted by atomic mass is 10.0. The molecule has 0 radical (unpaired) electrons. The van der Waals surface area contributed by atoms with E-state index in [1.165, 1.54) is 0 Å². The van der Waals surface area contributed by atoms with Gasteiger partial charge >= 0.3 is 0 Å². The standard InChI is InChI=1S/C8H19N3/c1-6(9)3-4-8(11)5-7(2)10/h6,8,10H,3-5,9,11H2,1-2H3. The van der Waals surface area contributed by atoms with Gasteiger partial charge in [-0.15, -0.1) is 0 Å². The van der Waals surface area contributed by atoms with Crippen molar-refractivity contribution in [3.8, 4) is 0 Å². The maximum absolute atomic E-state index is 7.20. The van der Waals surface area contributed by atoms with Gasteiger partial charge in [-0.3, -0.25) is 0 Å². The molecule has 3 nitrogen and oxygen atoms in total. The largest absolute Gasteiger partial charge is 0.328 e. The summed E-state index contributed by atoms with van der Waals surface area (Å²) < 4.78 is 0. The minimum Gasteiger partial charge on any atom is -0.328 e. The first-order valence-electron chi connectivity index (χ1n) is 4.07. The van der Waals surface area contributed by atoms with E-state index in [0.717, 1.165) is 12.8 Å². The molecule has 0 amide bonds. The Hall–Kier alpha value is -0.410. The van der Waals surface area contributed by atoms with Crippen molar-refractivity contribution < 1.29 is 0 Å². The summed E-state index contributed by atoms with van der Waals surface area (Å²) in [5.41, 5.74) is 11.9. The minimum absolute atomic E-state index is 0.124. The zero-order valence-corrected chi connectivity index (χ0v) is 7.43. The predicted octanol–water partition coefficient (Wildman–Crippen LogP) is 0.871. The summed E-state index contributed by atoms with van der Waals surface area (Å²) in [4.78, 5) is 0. The third kappa shape index (κ3) is 7.49. The molecule has 0 bridgehead atoms. The molecular formula is C8H19N3. The molecule has 11 heavy (non-hydrogen) atoms. The molecular weight excluding hydrogens is 138 g/mol. The zero-order valence-electron chi connectivity index (χ0n) is 7.43. The summed E-state index contributed by atoms with van der Waals surface area (Å²) in [7, 11) is 0. The minimum atomic E-state index is 0.124. The molecule has 0 saturated carbocycles. The average molecular weight is 157 g/mol. The fraction of sp³-hybridized carbons (Fsp3) is 0.875. The van der Waals surface area contributed by atoms with Crippen LogP contribution in [0.25, 0.3) is 0 Å². The molecule has 0 heterocycles.